The number of anilines is 3. The maximum absolute atomic E-state index is 13.9. The number of aliphatic hydroxyl groups is 2. The Kier molecular flexibility index (Phi) is 9.59. The van der Waals surface area contributed by atoms with Crippen molar-refractivity contribution in [2.45, 2.75) is 46.1 Å². The molecule has 0 spiro atoms. The summed E-state index contributed by atoms with van der Waals surface area (Å²) in [6.45, 7) is 5.65. The Balaban J connectivity index is 1.35. The molecule has 1 aliphatic heterocycles. The summed E-state index contributed by atoms with van der Waals surface area (Å²) < 4.78 is 0. The third kappa shape index (κ3) is 6.46. The average Bonchev–Trinajstić information content (AvgIpc) is 3.26. The van der Waals surface area contributed by atoms with Gasteiger partial charge >= 0.3 is 0 Å². The summed E-state index contributed by atoms with van der Waals surface area (Å²) in [5.41, 5.74) is 5.63. The van der Waals surface area contributed by atoms with Crippen LogP contribution in [0.2, 0.25) is 5.02 Å². The summed E-state index contributed by atoms with van der Waals surface area (Å²) in [5, 5.41) is 35.6. The quantitative estimate of drug-likeness (QED) is 0.143. The van der Waals surface area contributed by atoms with Gasteiger partial charge in [-0.05, 0) is 97.8 Å². The fourth-order valence-electron chi connectivity index (χ4n) is 6.57. The zero-order chi connectivity index (χ0) is 31.5. The number of amides is 2. The highest BCUT2D eigenvalue weighted by molar-refractivity contribution is 6.32. The molecule has 3 aromatic rings. The van der Waals surface area contributed by atoms with E-state index >= 15 is 0 Å². The van der Waals surface area contributed by atoms with Gasteiger partial charge in [0.25, 0.3) is 0 Å². The first-order chi connectivity index (χ1) is 21.1. The number of aromatic hydroxyl groups is 1. The van der Waals surface area contributed by atoms with Gasteiger partial charge in [-0.15, -0.1) is 0 Å². The van der Waals surface area contributed by atoms with E-state index in [0.717, 1.165) is 28.1 Å². The van der Waals surface area contributed by atoms with Crippen LogP contribution in [0.3, 0.4) is 0 Å². The minimum Gasteiger partial charge on any atom is -0.508 e. The van der Waals surface area contributed by atoms with Crippen LogP contribution >= 0.6 is 11.6 Å². The number of para-hydroxylation sites is 1. The lowest BCUT2D eigenvalue weighted by molar-refractivity contribution is -0.123. The lowest BCUT2D eigenvalue weighted by Crippen LogP contribution is -2.39. The van der Waals surface area contributed by atoms with Gasteiger partial charge in [0.2, 0.25) is 11.8 Å². The number of benzene rings is 3. The molecule has 0 radical (unpaired) electrons. The number of imide groups is 1. The fraction of sp³-hybridized carbons (Fsp3) is 0.333. The smallest absolute Gasteiger partial charge is 0.238 e. The molecule has 3 aromatic carbocycles. The van der Waals surface area contributed by atoms with Crippen LogP contribution in [0.4, 0.5) is 17.1 Å². The van der Waals surface area contributed by atoms with Crippen LogP contribution in [0, 0.1) is 23.7 Å². The molecule has 0 saturated carbocycles. The molecule has 5 rings (SSSR count). The number of aliphatic hydroxyl groups excluding tert-OH is 2. The molecular weight excluding hydrogens is 576 g/mol. The van der Waals surface area contributed by atoms with Crippen LogP contribution in [0.15, 0.2) is 89.5 Å². The normalized spacial score (nSPS) is 21.2. The summed E-state index contributed by atoms with van der Waals surface area (Å²) in [6.07, 6.45) is 2.35. The predicted octanol–water partition coefficient (Wildman–Crippen LogP) is 7.10. The summed E-state index contributed by atoms with van der Waals surface area (Å²) in [7, 11) is 0. The van der Waals surface area contributed by atoms with Gasteiger partial charge in [0, 0.05) is 17.3 Å². The molecule has 4 N–H and O–H groups in total. The molecule has 8 heteroatoms. The van der Waals surface area contributed by atoms with Crippen LogP contribution in [0.1, 0.15) is 45.6 Å². The molecule has 44 heavy (non-hydrogen) atoms. The van der Waals surface area contributed by atoms with E-state index in [2.05, 4.69) is 5.32 Å². The summed E-state index contributed by atoms with van der Waals surface area (Å²) in [4.78, 5) is 28.9. The van der Waals surface area contributed by atoms with Gasteiger partial charge in [-0.2, -0.15) is 0 Å². The minimum atomic E-state index is -0.885. The first-order valence-electron chi connectivity index (χ1n) is 15.1. The van der Waals surface area contributed by atoms with Crippen molar-refractivity contribution < 1.29 is 24.9 Å². The second kappa shape index (κ2) is 13.4. The van der Waals surface area contributed by atoms with Crippen molar-refractivity contribution in [3.8, 4) is 5.75 Å². The Hall–Kier alpha value is -3.91. The standard InChI is InChI=1S/C36H39ClN2O5/c1-21(2)28-19-29-34(30(20-40)33(28)32(42)16-9-22(3)17-23-10-15-27(41)18-31(23)37)36(44)39(35(29)43)26-13-11-25(12-14-26)38-24-7-5-4-6-8-24/h4-8,10-15,17-18,21,29-30,32,34,38,40-42H,9,16,19-20H2,1-3H3/b22-17+/t29-,30+,32-,34-/m1/s1. The van der Waals surface area contributed by atoms with Gasteiger partial charge in [-0.1, -0.05) is 60.9 Å². The Morgan fingerprint density at radius 2 is 1.70 bits per heavy atom. The van der Waals surface area contributed by atoms with Gasteiger partial charge in [-0.3, -0.25) is 14.5 Å². The maximum Gasteiger partial charge on any atom is 0.238 e. The number of carbonyl (C=O) groups excluding carboxylic acids is 2. The Labute approximate surface area is 263 Å². The first kappa shape index (κ1) is 31.5. The topological polar surface area (TPSA) is 110 Å². The Morgan fingerprint density at radius 1 is 1.02 bits per heavy atom. The SMILES string of the molecule is C/C(=C\c1ccc(O)cc1Cl)CC[C@@H](O)C1=C(C(C)C)C[C@H]2C(=O)N(c3ccc(Nc4ccccc4)cc3)C(=O)[C@H]2[C@H]1CO. The molecular formula is C36H39ClN2O5. The maximum atomic E-state index is 13.9. The molecule has 0 bridgehead atoms. The molecule has 230 valence electrons. The van der Waals surface area contributed by atoms with E-state index in [0.29, 0.717) is 35.5 Å². The lowest BCUT2D eigenvalue weighted by atomic mass is 9.66. The molecule has 2 aliphatic rings. The Morgan fingerprint density at radius 3 is 2.34 bits per heavy atom. The van der Waals surface area contributed by atoms with Crippen molar-refractivity contribution in [3.63, 3.8) is 0 Å². The summed E-state index contributed by atoms with van der Waals surface area (Å²) >= 11 is 6.27. The third-order valence-electron chi connectivity index (χ3n) is 8.76. The van der Waals surface area contributed by atoms with E-state index in [-0.39, 0.29) is 30.1 Å². The van der Waals surface area contributed by atoms with Crippen LogP contribution < -0.4 is 10.2 Å². The highest BCUT2D eigenvalue weighted by Gasteiger charge is 2.55. The lowest BCUT2D eigenvalue weighted by Gasteiger charge is -2.38. The number of carbonyl (C=O) groups is 2. The van der Waals surface area contributed by atoms with Crippen LogP contribution in [0.5, 0.6) is 5.75 Å². The number of allylic oxidation sites excluding steroid dienone is 2. The number of phenolic OH excluding ortho intramolecular Hbond substituents is 1. The number of nitrogens with zero attached hydrogens (tertiary/aromatic N) is 1. The monoisotopic (exact) mass is 614 g/mol. The average molecular weight is 615 g/mol. The molecule has 2 amide bonds. The third-order valence-corrected chi connectivity index (χ3v) is 9.09. The van der Waals surface area contributed by atoms with E-state index in [4.69, 9.17) is 11.6 Å². The van der Waals surface area contributed by atoms with Gasteiger partial charge in [-0.25, -0.2) is 0 Å². The highest BCUT2D eigenvalue weighted by Crippen LogP contribution is 2.49. The van der Waals surface area contributed by atoms with Crippen molar-refractivity contribution in [1.29, 1.82) is 0 Å². The zero-order valence-electron chi connectivity index (χ0n) is 25.2. The van der Waals surface area contributed by atoms with Crippen LogP contribution in [-0.2, 0) is 9.59 Å². The van der Waals surface area contributed by atoms with E-state index in [1.807, 2.05) is 69.3 Å². The minimum absolute atomic E-state index is 0.0300. The molecule has 1 saturated heterocycles. The number of rotatable bonds is 10. The van der Waals surface area contributed by atoms with E-state index in [1.165, 1.54) is 11.0 Å². The molecule has 1 heterocycles. The largest absolute Gasteiger partial charge is 0.508 e. The highest BCUT2D eigenvalue weighted by atomic mass is 35.5. The van der Waals surface area contributed by atoms with Crippen LogP contribution in [0.25, 0.3) is 6.08 Å². The number of nitrogens with one attached hydrogen (secondary N) is 1. The molecule has 1 fully saturated rings. The van der Waals surface area contributed by atoms with Crippen molar-refractivity contribution in [2.75, 3.05) is 16.8 Å². The Bertz CT molecular complexity index is 1580. The fourth-order valence-corrected chi connectivity index (χ4v) is 6.80. The predicted molar refractivity (Wildman–Crippen MR) is 175 cm³/mol. The van der Waals surface area contributed by atoms with Gasteiger partial charge in [0.05, 0.1) is 35.3 Å². The first-order valence-corrected chi connectivity index (χ1v) is 15.4. The van der Waals surface area contributed by atoms with Crippen molar-refractivity contribution in [3.05, 3.63) is 100 Å². The van der Waals surface area contributed by atoms with Gasteiger partial charge in [0.1, 0.15) is 5.75 Å². The van der Waals surface area contributed by atoms with Crippen molar-refractivity contribution in [1.82, 2.24) is 0 Å². The number of fused-ring (bicyclic) bond motifs is 1. The number of phenols is 1. The number of hydrogen-bond acceptors (Lipinski definition) is 6. The van der Waals surface area contributed by atoms with Gasteiger partial charge < -0.3 is 20.6 Å². The van der Waals surface area contributed by atoms with E-state index < -0.39 is 23.9 Å². The van der Waals surface area contributed by atoms with E-state index in [1.54, 1.807) is 24.3 Å². The second-order valence-corrected chi connectivity index (χ2v) is 12.5. The van der Waals surface area contributed by atoms with Gasteiger partial charge in [0.15, 0.2) is 0 Å². The second-order valence-electron chi connectivity index (χ2n) is 12.1. The molecule has 7 nitrogen and oxygen atoms in total. The molecule has 1 aliphatic carbocycles. The van der Waals surface area contributed by atoms with Crippen molar-refractivity contribution >= 4 is 46.6 Å². The van der Waals surface area contributed by atoms with Crippen molar-refractivity contribution in [2.24, 2.45) is 23.7 Å². The van der Waals surface area contributed by atoms with E-state index in [9.17, 15) is 24.9 Å². The summed E-state index contributed by atoms with van der Waals surface area (Å²) in [6, 6.07) is 21.7. The molecule has 4 atom stereocenters. The zero-order valence-corrected chi connectivity index (χ0v) is 26.0. The number of hydrogen-bond donors (Lipinski definition) is 4. The summed E-state index contributed by atoms with van der Waals surface area (Å²) in [5.74, 6) is -2.47. The molecule has 0 unspecified atom stereocenters. The number of halogens is 1. The van der Waals surface area contributed by atoms with Crippen LogP contribution in [-0.4, -0.2) is 39.8 Å². The molecule has 0 aromatic heterocycles.